The summed E-state index contributed by atoms with van der Waals surface area (Å²) in [6.45, 7) is 6.59. The number of aliphatic imine (C=N–C) groups is 1. The number of fused-ring (bicyclic) bond motifs is 1. The average Bonchev–Trinajstić information content (AvgIpc) is 2.99. The molecule has 162 valence electrons. The number of hydrazine groups is 1. The zero-order chi connectivity index (χ0) is 21.1. The second-order valence-corrected chi connectivity index (χ2v) is 8.75. The number of hydrogen-bond donors (Lipinski definition) is 4. The second kappa shape index (κ2) is 8.93. The molecule has 1 atom stereocenters. The molecule has 3 aliphatic rings. The van der Waals surface area contributed by atoms with Crippen molar-refractivity contribution < 1.29 is 9.53 Å². The van der Waals surface area contributed by atoms with E-state index in [0.29, 0.717) is 24.2 Å². The van der Waals surface area contributed by atoms with Crippen LogP contribution >= 0.6 is 11.6 Å². The number of amides is 2. The molecule has 0 aliphatic carbocycles. The summed E-state index contributed by atoms with van der Waals surface area (Å²) in [6.07, 6.45) is 3.79. The van der Waals surface area contributed by atoms with E-state index in [-0.39, 0.29) is 12.3 Å². The Morgan fingerprint density at radius 2 is 2.17 bits per heavy atom. The Balaban J connectivity index is 1.35. The molecular weight excluding hydrogens is 404 g/mol. The molecule has 1 aromatic rings. The molecule has 8 nitrogen and oxygen atoms in total. The van der Waals surface area contributed by atoms with Crippen LogP contribution in [0.4, 0.5) is 4.79 Å². The van der Waals surface area contributed by atoms with Gasteiger partial charge in [-0.1, -0.05) is 23.7 Å². The fourth-order valence-corrected chi connectivity index (χ4v) is 4.30. The number of nitrogens with zero attached hydrogens (tertiary/aromatic N) is 2. The zero-order valence-electron chi connectivity index (χ0n) is 17.4. The molecule has 2 fully saturated rings. The summed E-state index contributed by atoms with van der Waals surface area (Å²) < 4.78 is 5.42. The number of hydrogen-bond acceptors (Lipinski definition) is 6. The van der Waals surface area contributed by atoms with E-state index in [1.165, 1.54) is 0 Å². The smallest absolute Gasteiger partial charge is 0.332 e. The molecule has 0 saturated carbocycles. The Bertz CT molecular complexity index is 850. The van der Waals surface area contributed by atoms with E-state index < -0.39 is 5.54 Å². The van der Waals surface area contributed by atoms with Crippen LogP contribution < -0.4 is 21.5 Å². The number of carbonyl (C=O) groups excluding carboxylic acids is 1. The maximum atomic E-state index is 12.9. The molecule has 9 heteroatoms. The monoisotopic (exact) mass is 432 g/mol. The lowest BCUT2D eigenvalue weighted by molar-refractivity contribution is 0.0743. The van der Waals surface area contributed by atoms with Crippen molar-refractivity contribution in [2.45, 2.75) is 51.1 Å². The third-order valence-electron chi connectivity index (χ3n) is 5.86. The van der Waals surface area contributed by atoms with Crippen LogP contribution in [0.15, 0.2) is 41.0 Å². The number of urea groups is 1. The molecule has 1 unspecified atom stereocenters. The molecule has 4 N–H and O–H groups in total. The fraction of sp³-hybridized carbons (Fsp3) is 0.524. The predicted molar refractivity (Wildman–Crippen MR) is 117 cm³/mol. The molecule has 0 radical (unpaired) electrons. The van der Waals surface area contributed by atoms with Crippen LogP contribution in [0, 0.1) is 0 Å². The Hall–Kier alpha value is -2.13. The van der Waals surface area contributed by atoms with Crippen molar-refractivity contribution in [2.75, 3.05) is 19.8 Å². The summed E-state index contributed by atoms with van der Waals surface area (Å²) in [5.41, 5.74) is 8.30. The number of nitrogens with one attached hydrogen (secondary N) is 4. The van der Waals surface area contributed by atoms with Gasteiger partial charge in [-0.2, -0.15) is 0 Å². The van der Waals surface area contributed by atoms with Gasteiger partial charge in [0.15, 0.2) is 6.29 Å². The van der Waals surface area contributed by atoms with Gasteiger partial charge in [0.25, 0.3) is 0 Å². The third-order valence-corrected chi connectivity index (χ3v) is 6.10. The summed E-state index contributed by atoms with van der Waals surface area (Å²) >= 11 is 6.01. The van der Waals surface area contributed by atoms with Crippen LogP contribution in [-0.4, -0.2) is 54.3 Å². The Kier molecular flexibility index (Phi) is 6.29. The van der Waals surface area contributed by atoms with Crippen molar-refractivity contribution in [1.29, 1.82) is 0 Å². The SMILES string of the molecule is CC1(C)C2=CNC(NC3CCOCC3)N=C2CN1C(=O)NNCc1cccc(Cl)c1. The molecule has 0 spiro atoms. The van der Waals surface area contributed by atoms with Crippen LogP contribution in [0.2, 0.25) is 5.02 Å². The molecule has 3 heterocycles. The zero-order valence-corrected chi connectivity index (χ0v) is 18.1. The van der Waals surface area contributed by atoms with E-state index in [0.717, 1.165) is 42.9 Å². The standard InChI is InChI=1S/C21H29ClN6O2/c1-21(2)17-12-23-19(25-16-6-8-30-9-7-16)26-18(17)13-28(21)20(29)27-24-11-14-4-3-5-15(22)10-14/h3-5,10,12,16,19,23-25H,6-9,11,13H2,1-2H3,(H,27,29). The molecular formula is C21H29ClN6O2. The Labute approximate surface area is 182 Å². The largest absolute Gasteiger partial charge is 0.381 e. The van der Waals surface area contributed by atoms with Crippen molar-refractivity contribution >= 4 is 23.3 Å². The van der Waals surface area contributed by atoms with E-state index >= 15 is 0 Å². The quantitative estimate of drug-likeness (QED) is 0.535. The van der Waals surface area contributed by atoms with Crippen molar-refractivity contribution in [3.05, 3.63) is 46.6 Å². The molecule has 4 rings (SSSR count). The maximum absolute atomic E-state index is 12.9. The summed E-state index contributed by atoms with van der Waals surface area (Å²) in [4.78, 5) is 19.5. The van der Waals surface area contributed by atoms with E-state index in [2.05, 4.69) is 21.5 Å². The second-order valence-electron chi connectivity index (χ2n) is 8.32. The van der Waals surface area contributed by atoms with Crippen molar-refractivity contribution in [2.24, 2.45) is 4.99 Å². The van der Waals surface area contributed by atoms with E-state index in [1.807, 2.05) is 44.3 Å². The first-order valence-electron chi connectivity index (χ1n) is 10.4. The lowest BCUT2D eigenvalue weighted by Crippen LogP contribution is -2.52. The first kappa shape index (κ1) is 21.1. The van der Waals surface area contributed by atoms with E-state index in [1.54, 1.807) is 4.90 Å². The topological polar surface area (TPSA) is 90.0 Å². The van der Waals surface area contributed by atoms with Crippen molar-refractivity contribution in [3.8, 4) is 0 Å². The molecule has 2 saturated heterocycles. The first-order chi connectivity index (χ1) is 14.4. The number of rotatable bonds is 5. The third kappa shape index (κ3) is 4.62. The number of likely N-dealkylation sites (tertiary alicyclic amines) is 1. The molecule has 2 amide bonds. The minimum Gasteiger partial charge on any atom is -0.381 e. The number of carbonyl (C=O) groups is 1. The van der Waals surface area contributed by atoms with Crippen LogP contribution in [0.1, 0.15) is 32.3 Å². The molecule has 0 aromatic heterocycles. The number of halogens is 1. The number of benzene rings is 1. The summed E-state index contributed by atoms with van der Waals surface area (Å²) in [7, 11) is 0. The summed E-state index contributed by atoms with van der Waals surface area (Å²) in [6, 6.07) is 7.74. The van der Waals surface area contributed by atoms with Gasteiger partial charge in [0.05, 0.1) is 17.8 Å². The van der Waals surface area contributed by atoms with Crippen molar-refractivity contribution in [1.82, 2.24) is 26.4 Å². The lowest BCUT2D eigenvalue weighted by Gasteiger charge is -2.33. The van der Waals surface area contributed by atoms with Crippen molar-refractivity contribution in [3.63, 3.8) is 0 Å². The fourth-order valence-electron chi connectivity index (χ4n) is 4.09. The normalized spacial score (nSPS) is 23.3. The van der Waals surface area contributed by atoms with Gasteiger partial charge in [-0.25, -0.2) is 15.2 Å². The maximum Gasteiger partial charge on any atom is 0.332 e. The van der Waals surface area contributed by atoms with Gasteiger partial charge < -0.3 is 15.0 Å². The summed E-state index contributed by atoms with van der Waals surface area (Å²) in [5, 5.41) is 7.54. The highest BCUT2D eigenvalue weighted by atomic mass is 35.5. The Morgan fingerprint density at radius 3 is 2.93 bits per heavy atom. The highest BCUT2D eigenvalue weighted by Gasteiger charge is 2.45. The van der Waals surface area contributed by atoms with Gasteiger partial charge >= 0.3 is 6.03 Å². The van der Waals surface area contributed by atoms with Crippen LogP contribution in [0.25, 0.3) is 0 Å². The van der Waals surface area contributed by atoms with Gasteiger partial charge in [-0.05, 0) is 44.4 Å². The first-order valence-corrected chi connectivity index (χ1v) is 10.7. The van der Waals surface area contributed by atoms with E-state index in [9.17, 15) is 4.79 Å². The van der Waals surface area contributed by atoms with Gasteiger partial charge in [-0.3, -0.25) is 10.7 Å². The average molecular weight is 433 g/mol. The highest BCUT2D eigenvalue weighted by Crippen LogP contribution is 2.33. The van der Waals surface area contributed by atoms with Gasteiger partial charge in [0.1, 0.15) is 0 Å². The Morgan fingerprint density at radius 1 is 1.37 bits per heavy atom. The molecule has 0 bridgehead atoms. The summed E-state index contributed by atoms with van der Waals surface area (Å²) in [5.74, 6) is 0. The highest BCUT2D eigenvalue weighted by molar-refractivity contribution is 6.30. The van der Waals surface area contributed by atoms with Crippen LogP contribution in [0.5, 0.6) is 0 Å². The van der Waals surface area contributed by atoms with Gasteiger partial charge in [-0.15, -0.1) is 0 Å². The lowest BCUT2D eigenvalue weighted by atomic mass is 9.94. The van der Waals surface area contributed by atoms with Gasteiger partial charge in [0, 0.05) is 42.6 Å². The van der Waals surface area contributed by atoms with Crippen LogP contribution in [-0.2, 0) is 11.3 Å². The molecule has 3 aliphatic heterocycles. The minimum atomic E-state index is -0.461. The number of ether oxygens (including phenoxy) is 1. The molecule has 30 heavy (non-hydrogen) atoms. The van der Waals surface area contributed by atoms with E-state index in [4.69, 9.17) is 21.3 Å². The van der Waals surface area contributed by atoms with Gasteiger partial charge in [0.2, 0.25) is 0 Å². The minimum absolute atomic E-state index is 0.174. The predicted octanol–water partition coefficient (Wildman–Crippen LogP) is 2.13. The van der Waals surface area contributed by atoms with Crippen LogP contribution in [0.3, 0.4) is 0 Å². The molecule has 1 aromatic carbocycles.